The third-order valence-corrected chi connectivity index (χ3v) is 13.0. The summed E-state index contributed by atoms with van der Waals surface area (Å²) in [4.78, 5) is 87.3. The number of nitrogens with two attached hydrogens (primary N) is 1. The van der Waals surface area contributed by atoms with Crippen molar-refractivity contribution in [3.05, 3.63) is 45.1 Å². The molecule has 7 N–H and O–H groups in total. The van der Waals surface area contributed by atoms with Crippen molar-refractivity contribution in [2.24, 2.45) is 16.5 Å². The summed E-state index contributed by atoms with van der Waals surface area (Å²) < 4.78 is 0.616. The summed E-state index contributed by atoms with van der Waals surface area (Å²) in [6, 6.07) is 2.08. The Bertz CT molecular complexity index is 1980. The number of nitrogens with one attached hydrogen (secondary N) is 1. The smallest absolute Gasteiger partial charge is 0.352 e. The second-order valence-corrected chi connectivity index (χ2v) is 17.0. The average Bonchev–Trinajstić information content (AvgIpc) is 3.57. The van der Waals surface area contributed by atoms with Gasteiger partial charge in [0, 0.05) is 59.9 Å². The molecule has 17 nitrogen and oxygen atoms in total. The number of aliphatic carboxylic acids is 2. The number of fused-ring (bicyclic) bond motifs is 4. The number of anilines is 1. The Balaban J connectivity index is 1.09. The number of carbonyl (C=O) groups is 6. The van der Waals surface area contributed by atoms with Crippen LogP contribution in [0.25, 0.3) is 0 Å². The molecule has 0 saturated carbocycles. The molecule has 2 atom stereocenters. The predicted molar refractivity (Wildman–Crippen MR) is 195 cm³/mol. The fourth-order valence-corrected chi connectivity index (χ4v) is 9.47. The second-order valence-electron chi connectivity index (χ2n) is 14.6. The predicted octanol–water partition coefficient (Wildman–Crippen LogP) is 2.20. The zero-order valence-corrected chi connectivity index (χ0v) is 31.6. The maximum atomic E-state index is 13.6. The topological polar surface area (TPSA) is 259 Å². The second kappa shape index (κ2) is 14.5. The van der Waals surface area contributed by atoms with E-state index in [9.17, 15) is 49.2 Å². The fourth-order valence-electron chi connectivity index (χ4n) is 7.31. The van der Waals surface area contributed by atoms with Crippen LogP contribution in [0.4, 0.5) is 5.13 Å². The first kappa shape index (κ1) is 39.0. The van der Waals surface area contributed by atoms with Crippen LogP contribution in [0.2, 0.25) is 5.02 Å². The molecule has 7 rings (SSSR count). The third kappa shape index (κ3) is 7.36. The Hall–Kier alpha value is -4.72. The van der Waals surface area contributed by atoms with Crippen LogP contribution in [0.15, 0.2) is 33.9 Å². The number of amides is 2. The summed E-state index contributed by atoms with van der Waals surface area (Å²) in [6.07, 6.45) is 1.81. The van der Waals surface area contributed by atoms with Crippen LogP contribution < -0.4 is 11.1 Å². The molecule has 1 aromatic heterocycles. The highest BCUT2D eigenvalue weighted by molar-refractivity contribution is 8.00. The van der Waals surface area contributed by atoms with Gasteiger partial charge in [-0.25, -0.2) is 14.6 Å². The van der Waals surface area contributed by atoms with Gasteiger partial charge >= 0.3 is 11.9 Å². The van der Waals surface area contributed by atoms with Gasteiger partial charge in [0.15, 0.2) is 28.1 Å². The molecular weight excluding hydrogens is 768 g/mol. The summed E-state index contributed by atoms with van der Waals surface area (Å²) >= 11 is 8.26. The molecule has 2 aromatic rings. The molecule has 2 bridgehead atoms. The van der Waals surface area contributed by atoms with Crippen molar-refractivity contribution in [2.45, 2.75) is 50.5 Å². The minimum Gasteiger partial charge on any atom is -0.504 e. The number of aromatic nitrogens is 1. The van der Waals surface area contributed by atoms with Crippen LogP contribution in [0.1, 0.15) is 55.6 Å². The van der Waals surface area contributed by atoms with Crippen LogP contribution >= 0.6 is 34.7 Å². The number of phenols is 2. The monoisotopic (exact) mass is 805 g/mol. The van der Waals surface area contributed by atoms with Crippen LogP contribution in [0.3, 0.4) is 0 Å². The van der Waals surface area contributed by atoms with E-state index in [1.807, 2.05) is 0 Å². The van der Waals surface area contributed by atoms with E-state index in [-0.39, 0.29) is 51.2 Å². The number of benzene rings is 1. The van der Waals surface area contributed by atoms with Crippen LogP contribution in [-0.4, -0.2) is 125 Å². The van der Waals surface area contributed by atoms with E-state index in [4.69, 9.17) is 22.2 Å². The highest BCUT2D eigenvalue weighted by atomic mass is 35.5. The Labute approximate surface area is 321 Å². The number of carbonyl (C=O) groups excluding carboxylic acids is 4. The molecule has 5 aliphatic heterocycles. The van der Waals surface area contributed by atoms with Gasteiger partial charge in [-0.1, -0.05) is 16.8 Å². The lowest BCUT2D eigenvalue weighted by Gasteiger charge is -2.56. The summed E-state index contributed by atoms with van der Waals surface area (Å²) in [6.45, 7) is 5.28. The minimum absolute atomic E-state index is 0.0643. The van der Waals surface area contributed by atoms with Gasteiger partial charge in [-0.2, -0.15) is 0 Å². The van der Waals surface area contributed by atoms with E-state index in [0.29, 0.717) is 61.3 Å². The van der Waals surface area contributed by atoms with E-state index >= 15 is 0 Å². The maximum Gasteiger partial charge on any atom is 0.352 e. The van der Waals surface area contributed by atoms with Crippen molar-refractivity contribution < 1.29 is 58.5 Å². The fraction of sp³-hybridized carbons (Fsp3) is 0.471. The van der Waals surface area contributed by atoms with Gasteiger partial charge in [0.25, 0.3) is 5.91 Å². The first-order valence-electron chi connectivity index (χ1n) is 16.9. The number of rotatable bonds is 14. The number of nitrogen functional groups attached to an aromatic ring is 1. The molecule has 54 heavy (non-hydrogen) atoms. The number of thioether (sulfide) groups is 1. The number of carboxylic acids is 2. The Morgan fingerprint density at radius 2 is 1.81 bits per heavy atom. The Morgan fingerprint density at radius 3 is 2.39 bits per heavy atom. The molecule has 0 spiro atoms. The lowest BCUT2D eigenvalue weighted by molar-refractivity contribution is -0.941. The molecule has 5 aliphatic rings. The van der Waals surface area contributed by atoms with Gasteiger partial charge in [0.1, 0.15) is 17.9 Å². The number of carboxylic acid groups (broad SMARTS) is 2. The number of β-lactam (4-membered cyclic amide) rings is 1. The van der Waals surface area contributed by atoms with Gasteiger partial charge in [0.2, 0.25) is 17.3 Å². The van der Waals surface area contributed by atoms with Gasteiger partial charge in [0.05, 0.1) is 35.9 Å². The largest absolute Gasteiger partial charge is 0.504 e. The number of Topliss-reactive ketones (excluding diaryl/α,β-unsaturated/α-hetero) is 2. The van der Waals surface area contributed by atoms with Crippen molar-refractivity contribution in [2.75, 3.05) is 44.2 Å². The van der Waals surface area contributed by atoms with E-state index in [2.05, 4.69) is 15.5 Å². The third-order valence-electron chi connectivity index (χ3n) is 10.7. The van der Waals surface area contributed by atoms with Crippen molar-refractivity contribution in [3.63, 3.8) is 0 Å². The zero-order chi connectivity index (χ0) is 39.3. The molecule has 0 radical (unpaired) electrons. The molecular formula is C34H38ClN6O11S2+. The standard InChI is InChI=1S/C34H37ClN6O11S2/c1-33(2,31(50)51)52-39-23(20-14-54-32(36)38-20)21(42)11-18-28(47)40-24(30(48)49)17(13-53-29(18)40)12-41-6-3-34(4-7-41,5-8-41)15-37-27(46)25(44)16-9-19(35)26(45)22(43)10-16/h9-10,14,18,29H,3-8,11-13,15H2,1-2H3,(H6-,36,37,38,39,42,43,44,45,46,48,49,50,51)/p+1/t18-,29-,34?,41?/m1/s1. The summed E-state index contributed by atoms with van der Waals surface area (Å²) in [5, 5.41) is 46.5. The number of ketones is 2. The Morgan fingerprint density at radius 1 is 1.15 bits per heavy atom. The van der Waals surface area contributed by atoms with Crippen LogP contribution in [-0.2, 0) is 28.8 Å². The average molecular weight is 806 g/mol. The van der Waals surface area contributed by atoms with Gasteiger partial charge in [-0.15, -0.1) is 23.1 Å². The molecule has 0 aliphatic carbocycles. The molecule has 0 unspecified atom stereocenters. The number of phenolic OH excluding ortho intramolecular Hbond substituents is 2. The zero-order valence-electron chi connectivity index (χ0n) is 29.2. The number of thiazole rings is 1. The number of halogens is 1. The number of nitrogens with zero attached hydrogens (tertiary/aromatic N) is 4. The molecule has 4 saturated heterocycles. The first-order chi connectivity index (χ1) is 25.4. The number of oxime groups is 1. The van der Waals surface area contributed by atoms with Gasteiger partial charge < -0.3 is 40.8 Å². The van der Waals surface area contributed by atoms with E-state index < -0.39 is 63.7 Å². The number of piperidine rings is 3. The number of hydrogen-bond acceptors (Lipinski definition) is 14. The minimum atomic E-state index is -1.77. The first-order valence-corrected chi connectivity index (χ1v) is 19.2. The summed E-state index contributed by atoms with van der Waals surface area (Å²) in [5.74, 6) is -7.21. The quantitative estimate of drug-likeness (QED) is 0.0304. The maximum absolute atomic E-state index is 13.6. The van der Waals surface area contributed by atoms with Gasteiger partial charge in [-0.05, 0) is 26.0 Å². The highest BCUT2D eigenvalue weighted by Crippen LogP contribution is 2.48. The van der Waals surface area contributed by atoms with Crippen LogP contribution in [0, 0.1) is 11.3 Å². The SMILES string of the molecule is CC(C)(O/N=C(\C(=O)C[C@@H]1C(=O)N2C(C(=O)O)=C(C[N+]34CCC(CNC(=O)C(=O)c5cc(O)c(O)c(Cl)c5)(CC3)CC4)CS[C@H]12)c1csc(N)n1)C(=O)O. The van der Waals surface area contributed by atoms with Crippen molar-refractivity contribution in [3.8, 4) is 11.5 Å². The molecule has 1 aromatic carbocycles. The van der Waals surface area contributed by atoms with E-state index in [0.717, 1.165) is 23.5 Å². The molecule has 4 fully saturated rings. The number of hydrogen-bond donors (Lipinski definition) is 6. The number of aromatic hydroxyl groups is 2. The summed E-state index contributed by atoms with van der Waals surface area (Å²) in [7, 11) is 0. The van der Waals surface area contributed by atoms with E-state index in [1.165, 1.54) is 35.9 Å². The van der Waals surface area contributed by atoms with Crippen molar-refractivity contribution in [1.29, 1.82) is 0 Å². The Kier molecular flexibility index (Phi) is 10.5. The van der Waals surface area contributed by atoms with Crippen molar-refractivity contribution >= 4 is 80.9 Å². The molecule has 2 amide bonds. The van der Waals surface area contributed by atoms with Crippen molar-refractivity contribution in [1.82, 2.24) is 15.2 Å². The number of quaternary nitrogens is 1. The molecule has 20 heteroatoms. The van der Waals surface area contributed by atoms with Crippen LogP contribution in [0.5, 0.6) is 11.5 Å². The summed E-state index contributed by atoms with van der Waals surface area (Å²) in [5.41, 5.74) is 3.87. The normalized spacial score (nSPS) is 25.1. The lowest BCUT2D eigenvalue weighted by atomic mass is 9.70. The highest BCUT2D eigenvalue weighted by Gasteiger charge is 2.56. The van der Waals surface area contributed by atoms with E-state index in [1.54, 1.807) is 0 Å². The molecule has 288 valence electrons. The van der Waals surface area contributed by atoms with Gasteiger partial charge in [-0.3, -0.25) is 24.1 Å². The lowest BCUT2D eigenvalue weighted by Crippen LogP contribution is -2.66. The molecule has 6 heterocycles.